The molecule has 3 nitrogen and oxygen atoms in total. The van der Waals surface area contributed by atoms with Gasteiger partial charge in [0.2, 0.25) is 0 Å². The van der Waals surface area contributed by atoms with Crippen LogP contribution in [0.2, 0.25) is 0 Å². The minimum Gasteiger partial charge on any atom is -0.328 e. The van der Waals surface area contributed by atoms with Crippen LogP contribution in [0.5, 0.6) is 0 Å². The number of aromatic nitrogens is 1. The molecule has 0 saturated carbocycles. The highest BCUT2D eigenvalue weighted by molar-refractivity contribution is 7.05. The van der Waals surface area contributed by atoms with Gasteiger partial charge in [-0.15, -0.1) is 0 Å². The minimum absolute atomic E-state index is 0.405. The van der Waals surface area contributed by atoms with Gasteiger partial charge < -0.3 is 5.73 Å². The van der Waals surface area contributed by atoms with Gasteiger partial charge in [-0.05, 0) is 37.4 Å². The summed E-state index contributed by atoms with van der Waals surface area (Å²) in [6.45, 7) is 4.43. The number of nitrogens with zero attached hydrogens (tertiary/aromatic N) is 2. The molecule has 2 N–H and O–H groups in total. The van der Waals surface area contributed by atoms with Crippen molar-refractivity contribution in [1.82, 2.24) is 9.27 Å². The van der Waals surface area contributed by atoms with Crippen molar-refractivity contribution in [3.8, 4) is 0 Å². The first-order valence-electron chi connectivity index (χ1n) is 5.15. The molecular weight excluding hydrogens is 194 g/mol. The maximum absolute atomic E-state index is 5.92. The van der Waals surface area contributed by atoms with Crippen molar-refractivity contribution in [2.45, 2.75) is 38.4 Å². The molecule has 2 atom stereocenters. The fourth-order valence-electron chi connectivity index (χ4n) is 2.02. The van der Waals surface area contributed by atoms with E-state index in [0.717, 1.165) is 25.9 Å². The van der Waals surface area contributed by atoms with Crippen LogP contribution in [0, 0.1) is 0 Å². The van der Waals surface area contributed by atoms with E-state index in [1.165, 1.54) is 4.88 Å². The van der Waals surface area contributed by atoms with Crippen molar-refractivity contribution in [2.24, 2.45) is 5.73 Å². The third-order valence-electron chi connectivity index (χ3n) is 2.90. The number of rotatable bonds is 2. The molecule has 78 valence electrons. The van der Waals surface area contributed by atoms with Crippen LogP contribution in [0.4, 0.5) is 0 Å². The van der Waals surface area contributed by atoms with Crippen LogP contribution in [0.15, 0.2) is 12.3 Å². The Morgan fingerprint density at radius 1 is 1.71 bits per heavy atom. The monoisotopic (exact) mass is 211 g/mol. The van der Waals surface area contributed by atoms with Gasteiger partial charge in [-0.25, -0.2) is 4.37 Å². The van der Waals surface area contributed by atoms with Gasteiger partial charge in [-0.2, -0.15) is 0 Å². The van der Waals surface area contributed by atoms with E-state index >= 15 is 0 Å². The highest BCUT2D eigenvalue weighted by Gasteiger charge is 2.23. The van der Waals surface area contributed by atoms with Crippen LogP contribution in [-0.2, 0) is 6.54 Å². The quantitative estimate of drug-likeness (QED) is 0.805. The van der Waals surface area contributed by atoms with E-state index in [1.54, 1.807) is 11.5 Å². The first-order chi connectivity index (χ1) is 6.75. The normalized spacial score (nSPS) is 29.3. The lowest BCUT2D eigenvalue weighted by molar-refractivity contribution is 0.141. The van der Waals surface area contributed by atoms with Gasteiger partial charge >= 0.3 is 0 Å². The molecule has 2 unspecified atom stereocenters. The van der Waals surface area contributed by atoms with E-state index in [2.05, 4.69) is 22.3 Å². The lowest BCUT2D eigenvalue weighted by atomic mass is 9.99. The van der Waals surface area contributed by atoms with E-state index < -0.39 is 0 Å². The standard InChI is InChI=1S/C10H17N3S/c1-8-6-9(11)3-5-13(8)7-10-2-4-12-14-10/h2,4,8-9H,3,5-7,11H2,1H3. The molecule has 2 heterocycles. The Hall–Kier alpha value is -0.450. The van der Waals surface area contributed by atoms with Crippen LogP contribution in [0.25, 0.3) is 0 Å². The molecule has 0 amide bonds. The summed E-state index contributed by atoms with van der Waals surface area (Å²) in [6.07, 6.45) is 4.13. The molecule has 0 aliphatic carbocycles. The predicted octanol–water partition coefficient (Wildman–Crippen LogP) is 1.45. The van der Waals surface area contributed by atoms with E-state index in [9.17, 15) is 0 Å². The number of nitrogens with two attached hydrogens (primary N) is 1. The minimum atomic E-state index is 0.405. The van der Waals surface area contributed by atoms with Crippen molar-refractivity contribution < 1.29 is 0 Å². The van der Waals surface area contributed by atoms with Crippen molar-refractivity contribution in [2.75, 3.05) is 6.54 Å². The van der Waals surface area contributed by atoms with Crippen LogP contribution in [0.1, 0.15) is 24.6 Å². The van der Waals surface area contributed by atoms with E-state index in [4.69, 9.17) is 5.73 Å². The summed E-state index contributed by atoms with van der Waals surface area (Å²) in [6, 6.07) is 3.12. The van der Waals surface area contributed by atoms with Crippen LogP contribution >= 0.6 is 11.5 Å². The van der Waals surface area contributed by atoms with E-state index in [1.807, 2.05) is 6.20 Å². The Morgan fingerprint density at radius 2 is 2.57 bits per heavy atom. The SMILES string of the molecule is CC1CC(N)CCN1Cc1ccns1. The fraction of sp³-hybridized carbons (Fsp3) is 0.700. The Bertz CT molecular complexity index is 273. The second-order valence-corrected chi connectivity index (χ2v) is 5.00. The first-order valence-corrected chi connectivity index (χ1v) is 5.92. The molecule has 1 fully saturated rings. The Kier molecular flexibility index (Phi) is 3.15. The highest BCUT2D eigenvalue weighted by atomic mass is 32.1. The van der Waals surface area contributed by atoms with Gasteiger partial charge in [-0.1, -0.05) is 0 Å². The van der Waals surface area contributed by atoms with Crippen molar-refractivity contribution in [3.05, 3.63) is 17.1 Å². The second kappa shape index (κ2) is 4.38. The molecule has 0 aromatic carbocycles. The summed E-state index contributed by atoms with van der Waals surface area (Å²) in [5, 5.41) is 0. The predicted molar refractivity (Wildman–Crippen MR) is 59.2 cm³/mol. The third kappa shape index (κ3) is 2.32. The van der Waals surface area contributed by atoms with Crippen molar-refractivity contribution in [1.29, 1.82) is 0 Å². The Labute approximate surface area is 89.1 Å². The number of hydrogen-bond donors (Lipinski definition) is 1. The Morgan fingerprint density at radius 3 is 3.21 bits per heavy atom. The lowest BCUT2D eigenvalue weighted by Crippen LogP contribution is -2.44. The van der Waals surface area contributed by atoms with Gasteiger partial charge in [0.15, 0.2) is 0 Å². The molecule has 0 bridgehead atoms. The molecule has 0 radical (unpaired) electrons. The Balaban J connectivity index is 1.92. The first kappa shape index (κ1) is 10.1. The summed E-state index contributed by atoms with van der Waals surface area (Å²) in [7, 11) is 0. The van der Waals surface area contributed by atoms with Gasteiger partial charge in [0, 0.05) is 36.2 Å². The lowest BCUT2D eigenvalue weighted by Gasteiger charge is -2.35. The van der Waals surface area contributed by atoms with Crippen LogP contribution in [0.3, 0.4) is 0 Å². The van der Waals surface area contributed by atoms with Gasteiger partial charge in [0.25, 0.3) is 0 Å². The average molecular weight is 211 g/mol. The summed E-state index contributed by atoms with van der Waals surface area (Å²) in [5.41, 5.74) is 5.92. The van der Waals surface area contributed by atoms with Crippen LogP contribution in [-0.4, -0.2) is 27.9 Å². The highest BCUT2D eigenvalue weighted by Crippen LogP contribution is 2.19. The van der Waals surface area contributed by atoms with Crippen LogP contribution < -0.4 is 5.73 Å². The summed E-state index contributed by atoms with van der Waals surface area (Å²) >= 11 is 1.60. The maximum Gasteiger partial charge on any atom is 0.0410 e. The van der Waals surface area contributed by atoms with Gasteiger partial charge in [-0.3, -0.25) is 4.90 Å². The molecule has 0 spiro atoms. The molecule has 1 aliphatic heterocycles. The van der Waals surface area contributed by atoms with Gasteiger partial charge in [0.1, 0.15) is 0 Å². The maximum atomic E-state index is 5.92. The molecule has 14 heavy (non-hydrogen) atoms. The van der Waals surface area contributed by atoms with Gasteiger partial charge in [0.05, 0.1) is 0 Å². The zero-order valence-electron chi connectivity index (χ0n) is 8.52. The molecule has 1 saturated heterocycles. The van der Waals surface area contributed by atoms with Crippen molar-refractivity contribution in [3.63, 3.8) is 0 Å². The number of likely N-dealkylation sites (tertiary alicyclic amines) is 1. The second-order valence-electron chi connectivity index (χ2n) is 4.08. The number of piperidine rings is 1. The summed E-state index contributed by atoms with van der Waals surface area (Å²) in [5.74, 6) is 0. The zero-order chi connectivity index (χ0) is 9.97. The molecular formula is C10H17N3S. The largest absolute Gasteiger partial charge is 0.328 e. The molecule has 4 heteroatoms. The van der Waals surface area contributed by atoms with E-state index in [-0.39, 0.29) is 0 Å². The molecule has 1 aromatic rings. The van der Waals surface area contributed by atoms with Crippen molar-refractivity contribution >= 4 is 11.5 Å². The topological polar surface area (TPSA) is 42.1 Å². The number of hydrogen-bond acceptors (Lipinski definition) is 4. The smallest absolute Gasteiger partial charge is 0.0410 e. The zero-order valence-corrected chi connectivity index (χ0v) is 9.33. The summed E-state index contributed by atoms with van der Waals surface area (Å²) < 4.78 is 4.12. The van der Waals surface area contributed by atoms with E-state index in [0.29, 0.717) is 12.1 Å². The molecule has 1 aliphatic rings. The molecule has 1 aromatic heterocycles. The summed E-state index contributed by atoms with van der Waals surface area (Å²) in [4.78, 5) is 3.85. The third-order valence-corrected chi connectivity index (χ3v) is 3.63. The average Bonchev–Trinajstić information content (AvgIpc) is 2.62. The molecule has 2 rings (SSSR count). The fourth-order valence-corrected chi connectivity index (χ4v) is 2.62.